The molecule has 1 aromatic heterocycles. The van der Waals surface area contributed by atoms with Gasteiger partial charge in [-0.05, 0) is 43.4 Å². The molecule has 2 nitrogen and oxygen atoms in total. The van der Waals surface area contributed by atoms with Crippen LogP contribution < -0.4 is 5.73 Å². The van der Waals surface area contributed by atoms with Crippen LogP contribution in [0.3, 0.4) is 0 Å². The number of hydrogen-bond acceptors (Lipinski definition) is 2. The summed E-state index contributed by atoms with van der Waals surface area (Å²) in [6.45, 7) is 0. The Morgan fingerprint density at radius 3 is 2.35 bits per heavy atom. The van der Waals surface area contributed by atoms with Crippen LogP contribution in [-0.4, -0.2) is 4.98 Å². The van der Waals surface area contributed by atoms with Crippen LogP contribution in [0.4, 0.5) is 5.69 Å². The molecule has 0 radical (unpaired) electrons. The predicted octanol–water partition coefficient (Wildman–Crippen LogP) is 3.23. The van der Waals surface area contributed by atoms with E-state index in [0.717, 1.165) is 24.2 Å². The SMILES string of the molecule is Nc1ccc(CCCCc2ccccc2)nc1. The van der Waals surface area contributed by atoms with Crippen molar-refractivity contribution in [2.24, 2.45) is 0 Å². The fourth-order valence-corrected chi connectivity index (χ4v) is 1.86. The number of unbranched alkanes of at least 4 members (excludes halogenated alkanes) is 1. The van der Waals surface area contributed by atoms with Crippen molar-refractivity contribution < 1.29 is 0 Å². The molecule has 2 N–H and O–H groups in total. The Kier molecular flexibility index (Phi) is 4.14. The van der Waals surface area contributed by atoms with E-state index in [2.05, 4.69) is 35.3 Å². The van der Waals surface area contributed by atoms with E-state index in [1.807, 2.05) is 12.1 Å². The predicted molar refractivity (Wildman–Crippen MR) is 71.7 cm³/mol. The van der Waals surface area contributed by atoms with Gasteiger partial charge in [0.1, 0.15) is 0 Å². The standard InChI is InChI=1S/C15H18N2/c16-14-10-11-15(17-12-14)9-5-4-8-13-6-2-1-3-7-13/h1-3,6-7,10-12H,4-5,8-9,16H2. The molecule has 0 unspecified atom stereocenters. The van der Waals surface area contributed by atoms with Gasteiger partial charge in [-0.15, -0.1) is 0 Å². The lowest BCUT2D eigenvalue weighted by Crippen LogP contribution is -1.93. The molecule has 2 rings (SSSR count). The molecule has 0 aliphatic carbocycles. The quantitative estimate of drug-likeness (QED) is 0.795. The second kappa shape index (κ2) is 6.04. The monoisotopic (exact) mass is 226 g/mol. The third kappa shape index (κ3) is 3.91. The van der Waals surface area contributed by atoms with Gasteiger partial charge in [0, 0.05) is 5.69 Å². The van der Waals surface area contributed by atoms with Crippen LogP contribution in [0.1, 0.15) is 24.1 Å². The molecular formula is C15H18N2. The molecule has 0 aliphatic rings. The van der Waals surface area contributed by atoms with Crippen molar-refractivity contribution in [3.63, 3.8) is 0 Å². The number of anilines is 1. The van der Waals surface area contributed by atoms with E-state index in [0.29, 0.717) is 0 Å². The smallest absolute Gasteiger partial charge is 0.0501 e. The second-order valence-corrected chi connectivity index (χ2v) is 4.28. The van der Waals surface area contributed by atoms with E-state index in [1.54, 1.807) is 6.20 Å². The van der Waals surface area contributed by atoms with Crippen molar-refractivity contribution in [3.05, 3.63) is 59.9 Å². The Morgan fingerprint density at radius 1 is 0.882 bits per heavy atom. The zero-order valence-corrected chi connectivity index (χ0v) is 9.97. The van der Waals surface area contributed by atoms with Gasteiger partial charge < -0.3 is 5.73 Å². The van der Waals surface area contributed by atoms with Crippen molar-refractivity contribution in [2.75, 3.05) is 5.73 Å². The highest BCUT2D eigenvalue weighted by Gasteiger charge is 1.96. The summed E-state index contributed by atoms with van der Waals surface area (Å²) < 4.78 is 0. The molecule has 0 aliphatic heterocycles. The first kappa shape index (κ1) is 11.6. The molecular weight excluding hydrogens is 208 g/mol. The van der Waals surface area contributed by atoms with Crippen LogP contribution in [0.5, 0.6) is 0 Å². The first-order valence-corrected chi connectivity index (χ1v) is 6.09. The topological polar surface area (TPSA) is 38.9 Å². The fraction of sp³-hybridized carbons (Fsp3) is 0.267. The molecule has 1 heterocycles. The summed E-state index contributed by atoms with van der Waals surface area (Å²) in [5, 5.41) is 0. The normalized spacial score (nSPS) is 10.4. The Bertz CT molecular complexity index is 434. The highest BCUT2D eigenvalue weighted by Crippen LogP contribution is 2.08. The third-order valence-electron chi connectivity index (χ3n) is 2.84. The van der Waals surface area contributed by atoms with Crippen molar-refractivity contribution >= 4 is 5.69 Å². The van der Waals surface area contributed by atoms with Gasteiger partial charge in [-0.25, -0.2) is 0 Å². The van der Waals surface area contributed by atoms with Gasteiger partial charge in [0.15, 0.2) is 0 Å². The number of nitrogens with zero attached hydrogens (tertiary/aromatic N) is 1. The lowest BCUT2D eigenvalue weighted by atomic mass is 10.1. The molecule has 17 heavy (non-hydrogen) atoms. The zero-order chi connectivity index (χ0) is 11.9. The van der Waals surface area contributed by atoms with Crippen molar-refractivity contribution in [1.29, 1.82) is 0 Å². The summed E-state index contributed by atoms with van der Waals surface area (Å²) in [7, 11) is 0. The molecule has 0 saturated heterocycles. The van der Waals surface area contributed by atoms with Crippen LogP contribution in [0.15, 0.2) is 48.7 Å². The number of aromatic nitrogens is 1. The summed E-state index contributed by atoms with van der Waals surface area (Å²) in [4.78, 5) is 4.30. The number of hydrogen-bond donors (Lipinski definition) is 1. The van der Waals surface area contributed by atoms with Gasteiger partial charge in [-0.2, -0.15) is 0 Å². The minimum atomic E-state index is 0.734. The largest absolute Gasteiger partial charge is 0.397 e. The van der Waals surface area contributed by atoms with Gasteiger partial charge in [0.2, 0.25) is 0 Å². The molecule has 0 bridgehead atoms. The van der Waals surface area contributed by atoms with Gasteiger partial charge in [0.05, 0.1) is 11.9 Å². The number of nitrogens with two attached hydrogens (primary N) is 1. The van der Waals surface area contributed by atoms with E-state index in [9.17, 15) is 0 Å². The van der Waals surface area contributed by atoms with Crippen LogP contribution in [0.2, 0.25) is 0 Å². The molecule has 0 saturated carbocycles. The highest BCUT2D eigenvalue weighted by atomic mass is 14.7. The first-order valence-electron chi connectivity index (χ1n) is 6.09. The molecule has 2 aromatic rings. The molecule has 0 atom stereocenters. The van der Waals surface area contributed by atoms with E-state index < -0.39 is 0 Å². The van der Waals surface area contributed by atoms with Gasteiger partial charge >= 0.3 is 0 Å². The lowest BCUT2D eigenvalue weighted by Gasteiger charge is -2.02. The molecule has 1 aromatic carbocycles. The Balaban J connectivity index is 1.71. The first-order chi connectivity index (χ1) is 8.34. The maximum atomic E-state index is 5.60. The Labute approximate surface area is 103 Å². The third-order valence-corrected chi connectivity index (χ3v) is 2.84. The minimum absolute atomic E-state index is 0.734. The summed E-state index contributed by atoms with van der Waals surface area (Å²) in [5.41, 5.74) is 8.88. The molecule has 2 heteroatoms. The van der Waals surface area contributed by atoms with Crippen LogP contribution in [0, 0.1) is 0 Å². The summed E-state index contributed by atoms with van der Waals surface area (Å²) in [6.07, 6.45) is 6.29. The number of nitrogen functional groups attached to an aromatic ring is 1. The highest BCUT2D eigenvalue weighted by molar-refractivity contribution is 5.34. The van der Waals surface area contributed by atoms with Crippen molar-refractivity contribution in [3.8, 4) is 0 Å². The van der Waals surface area contributed by atoms with E-state index >= 15 is 0 Å². The average Bonchev–Trinajstić information content (AvgIpc) is 2.38. The summed E-state index contributed by atoms with van der Waals surface area (Å²) in [6, 6.07) is 14.5. The number of pyridine rings is 1. The van der Waals surface area contributed by atoms with Crippen LogP contribution in [-0.2, 0) is 12.8 Å². The Hall–Kier alpha value is -1.83. The van der Waals surface area contributed by atoms with Crippen LogP contribution >= 0.6 is 0 Å². The van der Waals surface area contributed by atoms with Crippen molar-refractivity contribution in [2.45, 2.75) is 25.7 Å². The molecule has 0 fully saturated rings. The van der Waals surface area contributed by atoms with Crippen LogP contribution in [0.25, 0.3) is 0 Å². The minimum Gasteiger partial charge on any atom is -0.397 e. The number of benzene rings is 1. The summed E-state index contributed by atoms with van der Waals surface area (Å²) in [5.74, 6) is 0. The van der Waals surface area contributed by atoms with Gasteiger partial charge in [-0.3, -0.25) is 4.98 Å². The van der Waals surface area contributed by atoms with E-state index in [-0.39, 0.29) is 0 Å². The van der Waals surface area contributed by atoms with E-state index in [1.165, 1.54) is 18.4 Å². The molecule has 88 valence electrons. The number of rotatable bonds is 5. The Morgan fingerprint density at radius 2 is 1.65 bits per heavy atom. The summed E-state index contributed by atoms with van der Waals surface area (Å²) >= 11 is 0. The van der Waals surface area contributed by atoms with Crippen molar-refractivity contribution in [1.82, 2.24) is 4.98 Å². The maximum absolute atomic E-state index is 5.60. The second-order valence-electron chi connectivity index (χ2n) is 4.28. The van der Waals surface area contributed by atoms with E-state index in [4.69, 9.17) is 5.73 Å². The number of aryl methyl sites for hydroxylation is 2. The average molecular weight is 226 g/mol. The van der Waals surface area contributed by atoms with Gasteiger partial charge in [-0.1, -0.05) is 30.3 Å². The zero-order valence-electron chi connectivity index (χ0n) is 9.97. The fourth-order valence-electron chi connectivity index (χ4n) is 1.86. The molecule has 0 amide bonds. The molecule has 0 spiro atoms. The maximum Gasteiger partial charge on any atom is 0.0501 e. The van der Waals surface area contributed by atoms with Gasteiger partial charge in [0.25, 0.3) is 0 Å². The lowest BCUT2D eigenvalue weighted by molar-refractivity contribution is 0.723.